The number of unbranched alkanes of at least 4 members (excludes halogenated alkanes) is 8. The minimum absolute atomic E-state index is 0.864. The van der Waals surface area contributed by atoms with E-state index in [1.54, 1.807) is 5.19 Å². The van der Waals surface area contributed by atoms with E-state index in [1.165, 1.54) is 69.8 Å². The maximum Gasteiger partial charge on any atom is 0.0775 e. The van der Waals surface area contributed by atoms with Gasteiger partial charge in [-0.2, -0.15) is 0 Å². The summed E-state index contributed by atoms with van der Waals surface area (Å²) in [6, 6.07) is 9.45. The third kappa shape index (κ3) is 10.3. The molecule has 138 valence electrons. The van der Waals surface area contributed by atoms with E-state index in [-0.39, 0.29) is 0 Å². The average Bonchev–Trinajstić information content (AvgIpc) is 2.55. The molecule has 0 fully saturated rings. The predicted octanol–water partition coefficient (Wildman–Crippen LogP) is 6.32. The Kier molecular flexibility index (Phi) is 11.4. The summed E-state index contributed by atoms with van der Waals surface area (Å²) in [6.45, 7) is 11.1. The first-order chi connectivity index (χ1) is 11.5. The summed E-state index contributed by atoms with van der Waals surface area (Å²) in [7, 11) is -1.13. The second-order valence-corrected chi connectivity index (χ2v) is 13.2. The number of hydrogen-bond donors (Lipinski definition) is 0. The van der Waals surface area contributed by atoms with Crippen LogP contribution in [0.1, 0.15) is 70.3 Å². The SMILES string of the molecule is CCOCCCCCCCCCCCc1ccc([Si](C)(C)C)cc1. The molecular formula is C22H40OSi. The Morgan fingerprint density at radius 1 is 0.708 bits per heavy atom. The van der Waals surface area contributed by atoms with Crippen molar-refractivity contribution < 1.29 is 4.74 Å². The van der Waals surface area contributed by atoms with Crippen molar-refractivity contribution >= 4 is 13.3 Å². The Morgan fingerprint density at radius 2 is 1.21 bits per heavy atom. The van der Waals surface area contributed by atoms with Gasteiger partial charge in [0, 0.05) is 13.2 Å². The second-order valence-electron chi connectivity index (χ2n) is 8.08. The van der Waals surface area contributed by atoms with E-state index < -0.39 is 8.07 Å². The van der Waals surface area contributed by atoms with E-state index in [4.69, 9.17) is 4.74 Å². The Balaban J connectivity index is 1.95. The molecule has 0 saturated heterocycles. The van der Waals surface area contributed by atoms with E-state index in [2.05, 4.69) is 50.8 Å². The third-order valence-corrected chi connectivity index (χ3v) is 6.84. The van der Waals surface area contributed by atoms with Crippen LogP contribution >= 0.6 is 0 Å². The van der Waals surface area contributed by atoms with E-state index in [0.717, 1.165) is 13.2 Å². The van der Waals surface area contributed by atoms with E-state index in [9.17, 15) is 0 Å². The molecule has 0 saturated carbocycles. The fourth-order valence-electron chi connectivity index (χ4n) is 3.09. The minimum Gasteiger partial charge on any atom is -0.382 e. The van der Waals surface area contributed by atoms with Gasteiger partial charge in [0.05, 0.1) is 8.07 Å². The van der Waals surface area contributed by atoms with E-state index in [1.807, 2.05) is 0 Å². The van der Waals surface area contributed by atoms with Crippen molar-refractivity contribution in [1.29, 1.82) is 0 Å². The lowest BCUT2D eigenvalue weighted by molar-refractivity contribution is 0.143. The van der Waals surface area contributed by atoms with Crippen LogP contribution in [0.5, 0.6) is 0 Å². The molecule has 0 aliphatic carbocycles. The molecule has 24 heavy (non-hydrogen) atoms. The van der Waals surface area contributed by atoms with E-state index >= 15 is 0 Å². The number of hydrogen-bond acceptors (Lipinski definition) is 1. The van der Waals surface area contributed by atoms with Crippen molar-refractivity contribution in [3.8, 4) is 0 Å². The zero-order valence-corrected chi connectivity index (χ0v) is 17.7. The van der Waals surface area contributed by atoms with Gasteiger partial charge in [-0.25, -0.2) is 0 Å². The molecule has 0 heterocycles. The number of benzene rings is 1. The Labute approximate surface area is 152 Å². The maximum absolute atomic E-state index is 5.37. The smallest absolute Gasteiger partial charge is 0.0775 e. The standard InChI is InChI=1S/C22H40OSi/c1-5-23-20-14-12-10-8-6-7-9-11-13-15-21-16-18-22(19-17-21)24(2,3)4/h16-19H,5-15,20H2,1-4H3. The largest absolute Gasteiger partial charge is 0.382 e. The van der Waals surface area contributed by atoms with Gasteiger partial charge in [-0.3, -0.25) is 0 Å². The van der Waals surface area contributed by atoms with Crippen LogP contribution in [0.25, 0.3) is 0 Å². The van der Waals surface area contributed by atoms with Gasteiger partial charge in [0.25, 0.3) is 0 Å². The molecule has 1 nitrogen and oxygen atoms in total. The third-order valence-electron chi connectivity index (χ3n) is 4.78. The number of ether oxygens (including phenoxy) is 1. The van der Waals surface area contributed by atoms with Crippen LogP contribution in [-0.4, -0.2) is 21.3 Å². The van der Waals surface area contributed by atoms with E-state index in [0.29, 0.717) is 0 Å². The highest BCUT2D eigenvalue weighted by Gasteiger charge is 2.15. The van der Waals surface area contributed by atoms with Crippen LogP contribution in [-0.2, 0) is 11.2 Å². The fraction of sp³-hybridized carbons (Fsp3) is 0.727. The van der Waals surface area contributed by atoms with Crippen LogP contribution in [0.3, 0.4) is 0 Å². The lowest BCUT2D eigenvalue weighted by Gasteiger charge is -2.16. The Morgan fingerprint density at radius 3 is 1.71 bits per heavy atom. The Bertz CT molecular complexity index is 405. The van der Waals surface area contributed by atoms with Crippen LogP contribution in [0.2, 0.25) is 19.6 Å². The fourth-order valence-corrected chi connectivity index (χ4v) is 4.25. The first-order valence-corrected chi connectivity index (χ1v) is 13.7. The highest BCUT2D eigenvalue weighted by Crippen LogP contribution is 2.12. The maximum atomic E-state index is 5.37. The number of rotatable bonds is 14. The molecule has 0 aliphatic rings. The molecule has 0 spiro atoms. The number of aryl methyl sites for hydroxylation is 1. The van der Waals surface area contributed by atoms with Crippen LogP contribution < -0.4 is 5.19 Å². The quantitative estimate of drug-likeness (QED) is 0.282. The van der Waals surface area contributed by atoms with Crippen molar-refractivity contribution in [1.82, 2.24) is 0 Å². The van der Waals surface area contributed by atoms with Gasteiger partial charge in [-0.1, -0.05) is 94.0 Å². The molecule has 0 aliphatic heterocycles. The van der Waals surface area contributed by atoms with Gasteiger partial charge >= 0.3 is 0 Å². The lowest BCUT2D eigenvalue weighted by atomic mass is 10.0. The molecule has 1 aromatic carbocycles. The summed E-state index contributed by atoms with van der Waals surface area (Å²) in [6.07, 6.45) is 13.6. The highest BCUT2D eigenvalue weighted by molar-refractivity contribution is 6.88. The molecule has 0 aromatic heterocycles. The molecule has 0 atom stereocenters. The van der Waals surface area contributed by atoms with Gasteiger partial charge in [-0.05, 0) is 31.7 Å². The van der Waals surface area contributed by atoms with Gasteiger partial charge in [0.1, 0.15) is 0 Å². The molecule has 2 heteroatoms. The van der Waals surface area contributed by atoms with Crippen molar-refractivity contribution in [2.45, 2.75) is 90.8 Å². The zero-order chi connectivity index (χ0) is 17.7. The first kappa shape index (κ1) is 21.4. The summed E-state index contributed by atoms with van der Waals surface area (Å²) in [4.78, 5) is 0. The summed E-state index contributed by atoms with van der Waals surface area (Å²) in [5.41, 5.74) is 1.52. The molecular weight excluding hydrogens is 308 g/mol. The summed E-state index contributed by atoms with van der Waals surface area (Å²) in [5.74, 6) is 0. The molecule has 0 N–H and O–H groups in total. The van der Waals surface area contributed by atoms with Crippen molar-refractivity contribution in [2.24, 2.45) is 0 Å². The minimum atomic E-state index is -1.13. The highest BCUT2D eigenvalue weighted by atomic mass is 28.3. The predicted molar refractivity (Wildman–Crippen MR) is 111 cm³/mol. The van der Waals surface area contributed by atoms with Gasteiger partial charge in [0.15, 0.2) is 0 Å². The molecule has 0 amide bonds. The van der Waals surface area contributed by atoms with Crippen molar-refractivity contribution in [2.75, 3.05) is 13.2 Å². The Hall–Kier alpha value is -0.603. The normalized spacial score (nSPS) is 11.8. The molecule has 1 rings (SSSR count). The molecule has 0 radical (unpaired) electrons. The van der Waals surface area contributed by atoms with Gasteiger partial charge in [-0.15, -0.1) is 0 Å². The zero-order valence-electron chi connectivity index (χ0n) is 16.7. The average molecular weight is 349 g/mol. The van der Waals surface area contributed by atoms with Gasteiger partial charge in [0.2, 0.25) is 0 Å². The van der Waals surface area contributed by atoms with Gasteiger partial charge < -0.3 is 4.74 Å². The summed E-state index contributed by atoms with van der Waals surface area (Å²) in [5, 5.41) is 1.58. The van der Waals surface area contributed by atoms with Crippen LogP contribution in [0.4, 0.5) is 0 Å². The summed E-state index contributed by atoms with van der Waals surface area (Å²) >= 11 is 0. The van der Waals surface area contributed by atoms with Crippen molar-refractivity contribution in [3.05, 3.63) is 29.8 Å². The second kappa shape index (κ2) is 12.7. The lowest BCUT2D eigenvalue weighted by Crippen LogP contribution is -2.37. The summed E-state index contributed by atoms with van der Waals surface area (Å²) < 4.78 is 5.37. The van der Waals surface area contributed by atoms with Crippen LogP contribution in [0, 0.1) is 0 Å². The molecule has 1 aromatic rings. The monoisotopic (exact) mass is 348 g/mol. The first-order valence-electron chi connectivity index (χ1n) is 10.2. The van der Waals surface area contributed by atoms with Crippen molar-refractivity contribution in [3.63, 3.8) is 0 Å². The molecule has 0 unspecified atom stereocenters. The topological polar surface area (TPSA) is 9.23 Å². The van der Waals surface area contributed by atoms with Crippen LogP contribution in [0.15, 0.2) is 24.3 Å². The molecule has 0 bridgehead atoms.